The number of aliphatic hydroxyl groups excluding tert-OH is 1. The summed E-state index contributed by atoms with van der Waals surface area (Å²) in [6.07, 6.45) is -0.0830. The van der Waals surface area contributed by atoms with Gasteiger partial charge in [-0.2, -0.15) is 0 Å². The van der Waals surface area contributed by atoms with Gasteiger partial charge in [-0.1, -0.05) is 13.0 Å². The van der Waals surface area contributed by atoms with Crippen molar-refractivity contribution >= 4 is 0 Å². The molecule has 0 spiro atoms. The van der Waals surface area contributed by atoms with Crippen molar-refractivity contribution in [2.75, 3.05) is 7.11 Å². The molecule has 0 aromatic heterocycles. The third-order valence-electron chi connectivity index (χ3n) is 2.42. The fraction of sp³-hybridized carbons (Fsp3) is 0.455. The molecule has 2 unspecified atom stereocenters. The van der Waals surface area contributed by atoms with E-state index in [-0.39, 0.29) is 11.8 Å². The SMILES string of the molecule is CCC(N)C(O)c1ccc(OC)c(O)c1. The molecule has 0 aliphatic rings. The molecule has 1 aromatic rings. The average molecular weight is 211 g/mol. The van der Waals surface area contributed by atoms with Crippen LogP contribution in [0.3, 0.4) is 0 Å². The third-order valence-corrected chi connectivity index (χ3v) is 2.42. The van der Waals surface area contributed by atoms with Crippen molar-refractivity contribution in [1.82, 2.24) is 0 Å². The maximum absolute atomic E-state index is 9.80. The van der Waals surface area contributed by atoms with Crippen LogP contribution in [0.2, 0.25) is 0 Å². The maximum atomic E-state index is 9.80. The van der Waals surface area contributed by atoms with Crippen molar-refractivity contribution in [1.29, 1.82) is 0 Å². The first-order valence-corrected chi connectivity index (χ1v) is 4.90. The standard InChI is InChI=1S/C11H17NO3/c1-3-8(12)11(14)7-4-5-10(15-2)9(13)6-7/h4-6,8,11,13-14H,3,12H2,1-2H3. The number of hydrogen-bond acceptors (Lipinski definition) is 4. The van der Waals surface area contributed by atoms with Crippen LogP contribution in [0.25, 0.3) is 0 Å². The predicted molar refractivity (Wildman–Crippen MR) is 57.9 cm³/mol. The predicted octanol–water partition coefficient (Wildman–Crippen LogP) is 1.17. The minimum atomic E-state index is -0.758. The Morgan fingerprint density at radius 2 is 2.13 bits per heavy atom. The number of phenolic OH excluding ortho intramolecular Hbond substituents is 1. The molecule has 0 aliphatic heterocycles. The lowest BCUT2D eigenvalue weighted by atomic mass is 10.0. The summed E-state index contributed by atoms with van der Waals surface area (Å²) >= 11 is 0. The van der Waals surface area contributed by atoms with Gasteiger partial charge >= 0.3 is 0 Å². The highest BCUT2D eigenvalue weighted by atomic mass is 16.5. The van der Waals surface area contributed by atoms with Crippen LogP contribution in [0.5, 0.6) is 11.5 Å². The lowest BCUT2D eigenvalue weighted by molar-refractivity contribution is 0.144. The van der Waals surface area contributed by atoms with Crippen LogP contribution in [0.4, 0.5) is 0 Å². The Morgan fingerprint density at radius 1 is 1.47 bits per heavy atom. The molecule has 0 saturated heterocycles. The van der Waals surface area contributed by atoms with Crippen LogP contribution in [0.15, 0.2) is 18.2 Å². The summed E-state index contributed by atoms with van der Waals surface area (Å²) in [4.78, 5) is 0. The molecule has 0 bridgehead atoms. The highest BCUT2D eigenvalue weighted by Crippen LogP contribution is 2.29. The number of rotatable bonds is 4. The minimum absolute atomic E-state index is 0.0114. The molecule has 4 N–H and O–H groups in total. The van der Waals surface area contributed by atoms with Crippen LogP contribution in [-0.4, -0.2) is 23.4 Å². The molecular weight excluding hydrogens is 194 g/mol. The van der Waals surface area contributed by atoms with E-state index in [0.29, 0.717) is 17.7 Å². The summed E-state index contributed by atoms with van der Waals surface area (Å²) in [5, 5.41) is 19.3. The monoisotopic (exact) mass is 211 g/mol. The highest BCUT2D eigenvalue weighted by molar-refractivity contribution is 5.42. The number of benzene rings is 1. The summed E-state index contributed by atoms with van der Waals surface area (Å²) in [6, 6.07) is 4.45. The molecule has 0 radical (unpaired) electrons. The Hall–Kier alpha value is -1.26. The lowest BCUT2D eigenvalue weighted by Gasteiger charge is -2.18. The Kier molecular flexibility index (Phi) is 3.94. The second-order valence-corrected chi connectivity index (χ2v) is 3.45. The van der Waals surface area contributed by atoms with Crippen LogP contribution in [0, 0.1) is 0 Å². The van der Waals surface area contributed by atoms with Crippen molar-refractivity contribution < 1.29 is 14.9 Å². The molecule has 1 aromatic carbocycles. The molecule has 0 heterocycles. The molecule has 0 aliphatic carbocycles. The Balaban J connectivity index is 2.92. The Bertz CT molecular complexity index is 328. The summed E-state index contributed by atoms with van der Waals surface area (Å²) in [6.45, 7) is 1.90. The number of methoxy groups -OCH3 is 1. The fourth-order valence-corrected chi connectivity index (χ4v) is 1.36. The van der Waals surface area contributed by atoms with Gasteiger partial charge in [-0.25, -0.2) is 0 Å². The molecule has 0 saturated carbocycles. The van der Waals surface area contributed by atoms with Crippen molar-refractivity contribution in [3.8, 4) is 11.5 Å². The highest BCUT2D eigenvalue weighted by Gasteiger charge is 2.16. The largest absolute Gasteiger partial charge is 0.504 e. The summed E-state index contributed by atoms with van der Waals surface area (Å²) in [7, 11) is 1.48. The van der Waals surface area contributed by atoms with Crippen LogP contribution in [0.1, 0.15) is 25.0 Å². The second-order valence-electron chi connectivity index (χ2n) is 3.45. The van der Waals surface area contributed by atoms with Gasteiger partial charge in [0.2, 0.25) is 0 Å². The Morgan fingerprint density at radius 3 is 2.60 bits per heavy atom. The van der Waals surface area contributed by atoms with Crippen LogP contribution in [-0.2, 0) is 0 Å². The fourth-order valence-electron chi connectivity index (χ4n) is 1.36. The molecule has 84 valence electrons. The molecule has 1 rings (SSSR count). The third kappa shape index (κ3) is 2.61. The second kappa shape index (κ2) is 5.00. The van der Waals surface area contributed by atoms with E-state index in [0.717, 1.165) is 0 Å². The van der Waals surface area contributed by atoms with E-state index in [1.807, 2.05) is 6.92 Å². The van der Waals surface area contributed by atoms with Gasteiger partial charge in [0.15, 0.2) is 11.5 Å². The molecule has 0 amide bonds. The zero-order chi connectivity index (χ0) is 11.4. The van der Waals surface area contributed by atoms with Gasteiger partial charge in [-0.05, 0) is 24.1 Å². The average Bonchev–Trinajstić information content (AvgIpc) is 2.26. The number of phenols is 1. The van der Waals surface area contributed by atoms with Gasteiger partial charge in [-0.15, -0.1) is 0 Å². The first-order chi connectivity index (χ1) is 7.10. The van der Waals surface area contributed by atoms with Gasteiger partial charge in [0, 0.05) is 6.04 Å². The van der Waals surface area contributed by atoms with Gasteiger partial charge in [0.25, 0.3) is 0 Å². The van der Waals surface area contributed by atoms with Crippen molar-refractivity contribution in [3.63, 3.8) is 0 Å². The Labute approximate surface area is 89.3 Å². The molecule has 4 heteroatoms. The van der Waals surface area contributed by atoms with E-state index >= 15 is 0 Å². The van der Waals surface area contributed by atoms with Crippen LogP contribution < -0.4 is 10.5 Å². The number of aliphatic hydroxyl groups is 1. The lowest BCUT2D eigenvalue weighted by Crippen LogP contribution is -2.27. The number of ether oxygens (including phenoxy) is 1. The zero-order valence-corrected chi connectivity index (χ0v) is 8.97. The van der Waals surface area contributed by atoms with E-state index in [1.54, 1.807) is 12.1 Å². The number of aromatic hydroxyl groups is 1. The van der Waals surface area contributed by atoms with Crippen molar-refractivity contribution in [3.05, 3.63) is 23.8 Å². The quantitative estimate of drug-likeness (QED) is 0.698. The number of nitrogens with two attached hydrogens (primary N) is 1. The van der Waals surface area contributed by atoms with E-state index in [1.165, 1.54) is 13.2 Å². The van der Waals surface area contributed by atoms with Gasteiger partial charge in [0.1, 0.15) is 0 Å². The summed E-state index contributed by atoms with van der Waals surface area (Å²) in [5.74, 6) is 0.397. The topological polar surface area (TPSA) is 75.7 Å². The van der Waals surface area contributed by atoms with Crippen molar-refractivity contribution in [2.24, 2.45) is 5.73 Å². The smallest absolute Gasteiger partial charge is 0.160 e. The molecule has 15 heavy (non-hydrogen) atoms. The van der Waals surface area contributed by atoms with Crippen LogP contribution >= 0.6 is 0 Å². The zero-order valence-electron chi connectivity index (χ0n) is 8.97. The van der Waals surface area contributed by atoms with Crippen molar-refractivity contribution in [2.45, 2.75) is 25.5 Å². The normalized spacial score (nSPS) is 14.7. The van der Waals surface area contributed by atoms with E-state index in [9.17, 15) is 10.2 Å². The summed E-state index contributed by atoms with van der Waals surface area (Å²) in [5.41, 5.74) is 6.31. The maximum Gasteiger partial charge on any atom is 0.160 e. The number of hydrogen-bond donors (Lipinski definition) is 3. The first kappa shape index (κ1) is 11.8. The molecular formula is C11H17NO3. The molecule has 4 nitrogen and oxygen atoms in total. The first-order valence-electron chi connectivity index (χ1n) is 4.90. The van der Waals surface area contributed by atoms with E-state index in [4.69, 9.17) is 10.5 Å². The van der Waals surface area contributed by atoms with Gasteiger partial charge in [-0.3, -0.25) is 0 Å². The molecule has 0 fully saturated rings. The van der Waals surface area contributed by atoms with Gasteiger partial charge < -0.3 is 20.7 Å². The van der Waals surface area contributed by atoms with Gasteiger partial charge in [0.05, 0.1) is 13.2 Å². The minimum Gasteiger partial charge on any atom is -0.504 e. The van der Waals surface area contributed by atoms with E-state index in [2.05, 4.69) is 0 Å². The molecule has 2 atom stereocenters. The summed E-state index contributed by atoms with van der Waals surface area (Å²) < 4.78 is 4.90. The van der Waals surface area contributed by atoms with E-state index < -0.39 is 6.10 Å².